The van der Waals surface area contributed by atoms with Crippen LogP contribution in [0.3, 0.4) is 0 Å². The molecule has 1 rings (SSSR count). The zero-order valence-electron chi connectivity index (χ0n) is 12.4. The lowest BCUT2D eigenvalue weighted by Crippen LogP contribution is -2.51. The van der Waals surface area contributed by atoms with Crippen LogP contribution in [-0.4, -0.2) is 34.1 Å². The summed E-state index contributed by atoms with van der Waals surface area (Å²) in [5.74, 6) is 0.165. The van der Waals surface area contributed by atoms with Crippen molar-refractivity contribution in [2.75, 3.05) is 6.54 Å². The molecule has 1 aliphatic rings. The highest BCUT2D eigenvalue weighted by Crippen LogP contribution is 2.33. The number of hydrogen-bond acceptors (Lipinski definition) is 2. The molecule has 1 saturated carbocycles. The van der Waals surface area contributed by atoms with Gasteiger partial charge in [-0.1, -0.05) is 19.8 Å². The molecule has 0 saturated heterocycles. The first kappa shape index (κ1) is 15.5. The smallest absolute Gasteiger partial charge is 0.317 e. The van der Waals surface area contributed by atoms with Gasteiger partial charge in [-0.3, -0.25) is 9.69 Å². The van der Waals surface area contributed by atoms with E-state index in [1.165, 1.54) is 25.7 Å². The van der Waals surface area contributed by atoms with Crippen molar-refractivity contribution in [2.45, 2.75) is 77.8 Å². The maximum absolute atomic E-state index is 11.0. The first-order valence-corrected chi connectivity index (χ1v) is 7.33. The van der Waals surface area contributed by atoms with Gasteiger partial charge in [0.25, 0.3) is 0 Å². The van der Waals surface area contributed by atoms with Crippen molar-refractivity contribution in [3.63, 3.8) is 0 Å². The molecule has 1 N–H and O–H groups in total. The Bertz CT molecular complexity index is 262. The van der Waals surface area contributed by atoms with Gasteiger partial charge in [0, 0.05) is 11.6 Å². The largest absolute Gasteiger partial charge is 0.480 e. The van der Waals surface area contributed by atoms with Crippen LogP contribution in [0.4, 0.5) is 0 Å². The van der Waals surface area contributed by atoms with E-state index in [1.807, 2.05) is 0 Å². The van der Waals surface area contributed by atoms with Gasteiger partial charge in [-0.2, -0.15) is 0 Å². The average molecular weight is 255 g/mol. The van der Waals surface area contributed by atoms with Crippen molar-refractivity contribution >= 4 is 5.97 Å². The summed E-state index contributed by atoms with van der Waals surface area (Å²) in [6.07, 6.45) is 7.47. The van der Waals surface area contributed by atoms with Crippen LogP contribution in [0.1, 0.15) is 66.2 Å². The minimum atomic E-state index is -0.708. The van der Waals surface area contributed by atoms with Crippen LogP contribution in [0.2, 0.25) is 0 Å². The summed E-state index contributed by atoms with van der Waals surface area (Å²) < 4.78 is 0. The Morgan fingerprint density at radius 1 is 1.22 bits per heavy atom. The first-order chi connectivity index (χ1) is 8.34. The monoisotopic (exact) mass is 255 g/mol. The Labute approximate surface area is 112 Å². The molecule has 3 nitrogen and oxygen atoms in total. The van der Waals surface area contributed by atoms with Crippen molar-refractivity contribution in [2.24, 2.45) is 5.92 Å². The molecular formula is C15H29NO2. The van der Waals surface area contributed by atoms with E-state index in [2.05, 4.69) is 32.6 Å². The second kappa shape index (κ2) is 6.55. The predicted octanol–water partition coefficient (Wildman–Crippen LogP) is 3.53. The van der Waals surface area contributed by atoms with Gasteiger partial charge in [0.1, 0.15) is 0 Å². The SMILES string of the molecule is CCCC1CCC(N(CC(=O)O)C(C)(C)C)CC1. The number of hydrogen-bond donors (Lipinski definition) is 1. The van der Waals surface area contributed by atoms with Gasteiger partial charge < -0.3 is 5.11 Å². The van der Waals surface area contributed by atoms with E-state index < -0.39 is 5.97 Å². The summed E-state index contributed by atoms with van der Waals surface area (Å²) in [7, 11) is 0. The van der Waals surface area contributed by atoms with Crippen LogP contribution in [0, 0.1) is 5.92 Å². The lowest BCUT2D eigenvalue weighted by atomic mass is 9.82. The Hall–Kier alpha value is -0.570. The molecular weight excluding hydrogens is 226 g/mol. The predicted molar refractivity (Wildman–Crippen MR) is 74.7 cm³/mol. The van der Waals surface area contributed by atoms with Gasteiger partial charge in [-0.05, 0) is 52.4 Å². The summed E-state index contributed by atoms with van der Waals surface area (Å²) in [5.41, 5.74) is -0.0549. The highest BCUT2D eigenvalue weighted by molar-refractivity contribution is 5.69. The first-order valence-electron chi connectivity index (χ1n) is 7.33. The molecule has 0 bridgehead atoms. The van der Waals surface area contributed by atoms with Crippen LogP contribution >= 0.6 is 0 Å². The fourth-order valence-electron chi connectivity index (χ4n) is 3.21. The maximum atomic E-state index is 11.0. The van der Waals surface area contributed by atoms with E-state index in [0.29, 0.717) is 6.04 Å². The van der Waals surface area contributed by atoms with Crippen LogP contribution in [-0.2, 0) is 4.79 Å². The van der Waals surface area contributed by atoms with E-state index in [1.54, 1.807) is 0 Å². The van der Waals surface area contributed by atoms with Crippen molar-refractivity contribution in [3.05, 3.63) is 0 Å². The highest BCUT2D eigenvalue weighted by atomic mass is 16.4. The second-order valence-electron chi connectivity index (χ2n) is 6.66. The van der Waals surface area contributed by atoms with Gasteiger partial charge in [0.2, 0.25) is 0 Å². The van der Waals surface area contributed by atoms with Crippen molar-refractivity contribution in [1.82, 2.24) is 4.90 Å². The molecule has 18 heavy (non-hydrogen) atoms. The van der Waals surface area contributed by atoms with Gasteiger partial charge in [-0.25, -0.2) is 0 Å². The molecule has 0 amide bonds. The summed E-state index contributed by atoms with van der Waals surface area (Å²) >= 11 is 0. The second-order valence-corrected chi connectivity index (χ2v) is 6.66. The molecule has 0 heterocycles. The number of carboxylic acids is 1. The van der Waals surface area contributed by atoms with E-state index in [0.717, 1.165) is 18.8 Å². The van der Waals surface area contributed by atoms with Crippen molar-refractivity contribution in [1.29, 1.82) is 0 Å². The normalized spacial score (nSPS) is 25.4. The van der Waals surface area contributed by atoms with E-state index in [9.17, 15) is 4.79 Å². The molecule has 0 spiro atoms. The average Bonchev–Trinajstić information content (AvgIpc) is 2.26. The summed E-state index contributed by atoms with van der Waals surface area (Å²) in [6, 6.07) is 0.453. The van der Waals surface area contributed by atoms with Gasteiger partial charge >= 0.3 is 5.97 Å². The number of carbonyl (C=O) groups is 1. The molecule has 106 valence electrons. The van der Waals surface area contributed by atoms with Crippen LogP contribution in [0.5, 0.6) is 0 Å². The third kappa shape index (κ3) is 4.60. The van der Waals surface area contributed by atoms with E-state index in [-0.39, 0.29) is 12.1 Å². The Morgan fingerprint density at radius 3 is 2.17 bits per heavy atom. The fourth-order valence-corrected chi connectivity index (χ4v) is 3.21. The molecule has 0 radical (unpaired) electrons. The van der Waals surface area contributed by atoms with Crippen LogP contribution < -0.4 is 0 Å². The molecule has 0 aromatic heterocycles. The summed E-state index contributed by atoms with van der Waals surface area (Å²) in [5, 5.41) is 9.07. The lowest BCUT2D eigenvalue weighted by molar-refractivity contribution is -0.141. The van der Waals surface area contributed by atoms with E-state index in [4.69, 9.17) is 5.11 Å². The molecule has 3 heteroatoms. The standard InChI is InChI=1S/C15H29NO2/c1-5-6-12-7-9-13(10-8-12)16(11-14(17)18)15(2,3)4/h12-13H,5-11H2,1-4H3,(H,17,18). The molecule has 1 fully saturated rings. The Morgan fingerprint density at radius 2 is 1.78 bits per heavy atom. The minimum Gasteiger partial charge on any atom is -0.480 e. The number of aliphatic carboxylic acids is 1. The molecule has 0 aromatic rings. The summed E-state index contributed by atoms with van der Waals surface area (Å²) in [4.78, 5) is 13.2. The Kier molecular flexibility index (Phi) is 5.64. The van der Waals surface area contributed by atoms with Crippen molar-refractivity contribution in [3.8, 4) is 0 Å². The molecule has 0 aromatic carbocycles. The maximum Gasteiger partial charge on any atom is 0.317 e. The van der Waals surface area contributed by atoms with Crippen LogP contribution in [0.15, 0.2) is 0 Å². The summed E-state index contributed by atoms with van der Waals surface area (Å²) in [6.45, 7) is 8.78. The fraction of sp³-hybridized carbons (Fsp3) is 0.933. The molecule has 0 aliphatic heterocycles. The van der Waals surface area contributed by atoms with Gasteiger partial charge in [0.15, 0.2) is 0 Å². The lowest BCUT2D eigenvalue weighted by Gasteiger charge is -2.43. The molecule has 0 atom stereocenters. The zero-order chi connectivity index (χ0) is 13.8. The zero-order valence-corrected chi connectivity index (χ0v) is 12.4. The number of nitrogens with zero attached hydrogens (tertiary/aromatic N) is 1. The third-order valence-electron chi connectivity index (χ3n) is 4.12. The number of carboxylic acid groups (broad SMARTS) is 1. The van der Waals surface area contributed by atoms with Gasteiger partial charge in [-0.15, -0.1) is 0 Å². The highest BCUT2D eigenvalue weighted by Gasteiger charge is 2.33. The number of rotatable bonds is 5. The molecule has 1 aliphatic carbocycles. The van der Waals surface area contributed by atoms with E-state index >= 15 is 0 Å². The minimum absolute atomic E-state index is 0.0549. The van der Waals surface area contributed by atoms with Crippen molar-refractivity contribution < 1.29 is 9.90 Å². The quantitative estimate of drug-likeness (QED) is 0.817. The topological polar surface area (TPSA) is 40.5 Å². The molecule has 0 unspecified atom stereocenters. The third-order valence-corrected chi connectivity index (χ3v) is 4.12. The van der Waals surface area contributed by atoms with Gasteiger partial charge in [0.05, 0.1) is 6.54 Å². The van der Waals surface area contributed by atoms with Crippen LogP contribution in [0.25, 0.3) is 0 Å². The Balaban J connectivity index is 2.58.